The highest BCUT2D eigenvalue weighted by Crippen LogP contribution is 2.37. The Bertz CT molecular complexity index is 422. The van der Waals surface area contributed by atoms with Gasteiger partial charge < -0.3 is 5.73 Å². The molecule has 2 nitrogen and oxygen atoms in total. The van der Waals surface area contributed by atoms with Crippen LogP contribution in [0.1, 0.15) is 63.4 Å². The molecule has 116 valence electrons. The molecule has 0 aromatic heterocycles. The number of hydrogen-bond acceptors (Lipinski definition) is 2. The van der Waals surface area contributed by atoms with Gasteiger partial charge in [0.2, 0.25) is 0 Å². The lowest BCUT2D eigenvalue weighted by Crippen LogP contribution is -2.54. The van der Waals surface area contributed by atoms with Crippen LogP contribution in [0.4, 0.5) is 0 Å². The fourth-order valence-corrected chi connectivity index (χ4v) is 4.64. The smallest absolute Gasteiger partial charge is 0.0224 e. The molecule has 0 bridgehead atoms. The van der Waals surface area contributed by atoms with E-state index in [1.165, 1.54) is 50.5 Å². The maximum absolute atomic E-state index is 6.04. The van der Waals surface area contributed by atoms with E-state index in [1.54, 1.807) is 0 Å². The topological polar surface area (TPSA) is 29.3 Å². The number of hydrogen-bond donors (Lipinski definition) is 1. The van der Waals surface area contributed by atoms with E-state index in [-0.39, 0.29) is 0 Å². The lowest BCUT2D eigenvalue weighted by Gasteiger charge is -2.47. The Hall–Kier alpha value is -0.860. The standard InChI is InChI=1S/C19H30N2/c1-15-6-5-9-19(14-20)21(15)18-12-10-17(11-13-18)16-7-3-2-4-8-16/h2-4,7-8,15,17-19H,5-6,9-14,20H2,1H3. The van der Waals surface area contributed by atoms with E-state index in [9.17, 15) is 0 Å². The van der Waals surface area contributed by atoms with Gasteiger partial charge in [-0.05, 0) is 56.9 Å². The maximum Gasteiger partial charge on any atom is 0.0224 e. The van der Waals surface area contributed by atoms with Gasteiger partial charge in [0, 0.05) is 24.7 Å². The van der Waals surface area contributed by atoms with E-state index in [4.69, 9.17) is 5.73 Å². The van der Waals surface area contributed by atoms with Crippen molar-refractivity contribution in [2.45, 2.75) is 75.9 Å². The maximum atomic E-state index is 6.04. The third-order valence-electron chi connectivity index (χ3n) is 5.75. The zero-order valence-electron chi connectivity index (χ0n) is 13.4. The highest BCUT2D eigenvalue weighted by molar-refractivity contribution is 5.20. The van der Waals surface area contributed by atoms with Crippen LogP contribution < -0.4 is 5.73 Å². The average Bonchev–Trinajstić information content (AvgIpc) is 2.55. The molecule has 1 saturated carbocycles. The minimum absolute atomic E-state index is 0.632. The summed E-state index contributed by atoms with van der Waals surface area (Å²) in [4.78, 5) is 2.78. The predicted molar refractivity (Wildman–Crippen MR) is 89.4 cm³/mol. The second-order valence-electron chi connectivity index (χ2n) is 7.03. The number of rotatable bonds is 3. The average molecular weight is 286 g/mol. The molecule has 3 rings (SSSR count). The molecule has 2 atom stereocenters. The molecule has 21 heavy (non-hydrogen) atoms. The molecule has 2 aliphatic rings. The third-order valence-corrected chi connectivity index (χ3v) is 5.75. The van der Waals surface area contributed by atoms with Crippen LogP contribution in [0.25, 0.3) is 0 Å². The third kappa shape index (κ3) is 3.32. The summed E-state index contributed by atoms with van der Waals surface area (Å²) in [6.45, 7) is 3.24. The molecule has 2 fully saturated rings. The van der Waals surface area contributed by atoms with Crippen molar-refractivity contribution in [1.82, 2.24) is 4.90 Å². The van der Waals surface area contributed by atoms with Gasteiger partial charge in [-0.3, -0.25) is 4.90 Å². The first-order valence-electron chi connectivity index (χ1n) is 8.82. The Labute approximate surface area is 129 Å². The zero-order chi connectivity index (χ0) is 14.7. The number of piperidine rings is 1. The Balaban J connectivity index is 1.62. The Morgan fingerprint density at radius 2 is 1.71 bits per heavy atom. The Morgan fingerprint density at radius 3 is 2.38 bits per heavy atom. The van der Waals surface area contributed by atoms with Crippen molar-refractivity contribution >= 4 is 0 Å². The fourth-order valence-electron chi connectivity index (χ4n) is 4.64. The van der Waals surface area contributed by atoms with Crippen LogP contribution in [0.5, 0.6) is 0 Å². The van der Waals surface area contributed by atoms with Crippen LogP contribution in [-0.4, -0.2) is 29.6 Å². The van der Waals surface area contributed by atoms with Gasteiger partial charge in [0.15, 0.2) is 0 Å². The molecule has 1 heterocycles. The molecule has 1 aromatic carbocycles. The molecule has 0 spiro atoms. The lowest BCUT2D eigenvalue weighted by atomic mass is 9.79. The van der Waals surface area contributed by atoms with Gasteiger partial charge in [0.1, 0.15) is 0 Å². The van der Waals surface area contributed by atoms with Gasteiger partial charge in [-0.15, -0.1) is 0 Å². The van der Waals surface area contributed by atoms with Gasteiger partial charge in [0.25, 0.3) is 0 Å². The molecule has 0 radical (unpaired) electrons. The van der Waals surface area contributed by atoms with Gasteiger partial charge >= 0.3 is 0 Å². The highest BCUT2D eigenvalue weighted by atomic mass is 15.2. The van der Waals surface area contributed by atoms with E-state index in [2.05, 4.69) is 42.2 Å². The lowest BCUT2D eigenvalue weighted by molar-refractivity contribution is 0.0304. The second-order valence-corrected chi connectivity index (χ2v) is 7.03. The summed E-state index contributed by atoms with van der Waals surface area (Å²) in [6, 6.07) is 13.2. The van der Waals surface area contributed by atoms with Crippen LogP contribution in [0.15, 0.2) is 30.3 Å². The van der Waals surface area contributed by atoms with Crippen molar-refractivity contribution in [3.8, 4) is 0 Å². The molecule has 1 aliphatic carbocycles. The summed E-state index contributed by atoms with van der Waals surface area (Å²) in [5.41, 5.74) is 7.58. The van der Waals surface area contributed by atoms with Gasteiger partial charge in [0.05, 0.1) is 0 Å². The van der Waals surface area contributed by atoms with Crippen LogP contribution in [0.3, 0.4) is 0 Å². The van der Waals surface area contributed by atoms with E-state index < -0.39 is 0 Å². The van der Waals surface area contributed by atoms with Crippen LogP contribution >= 0.6 is 0 Å². The monoisotopic (exact) mass is 286 g/mol. The summed E-state index contributed by atoms with van der Waals surface area (Å²) in [5.74, 6) is 0.777. The number of nitrogens with two attached hydrogens (primary N) is 1. The van der Waals surface area contributed by atoms with Crippen molar-refractivity contribution in [3.63, 3.8) is 0 Å². The van der Waals surface area contributed by atoms with Crippen LogP contribution in [0, 0.1) is 0 Å². The van der Waals surface area contributed by atoms with Gasteiger partial charge in [-0.25, -0.2) is 0 Å². The van der Waals surface area contributed by atoms with Gasteiger partial charge in [-0.1, -0.05) is 36.8 Å². The molecule has 0 amide bonds. The van der Waals surface area contributed by atoms with Crippen molar-refractivity contribution in [2.75, 3.05) is 6.54 Å². The van der Waals surface area contributed by atoms with E-state index in [1.807, 2.05) is 0 Å². The second kappa shape index (κ2) is 6.93. The van der Waals surface area contributed by atoms with Crippen molar-refractivity contribution in [3.05, 3.63) is 35.9 Å². The van der Waals surface area contributed by atoms with E-state index in [0.29, 0.717) is 6.04 Å². The van der Waals surface area contributed by atoms with Gasteiger partial charge in [-0.2, -0.15) is 0 Å². The van der Waals surface area contributed by atoms with Crippen molar-refractivity contribution in [2.24, 2.45) is 5.73 Å². The molecule has 2 heteroatoms. The fraction of sp³-hybridized carbons (Fsp3) is 0.684. The minimum Gasteiger partial charge on any atom is -0.329 e. The number of nitrogens with zero attached hydrogens (tertiary/aromatic N) is 1. The molecule has 1 saturated heterocycles. The Morgan fingerprint density at radius 1 is 1.00 bits per heavy atom. The summed E-state index contributed by atoms with van der Waals surface area (Å²) in [6.07, 6.45) is 9.40. The predicted octanol–water partition coefficient (Wildman–Crippen LogP) is 3.91. The molecular formula is C19H30N2. The Kier molecular flexibility index (Phi) is 4.97. The normalized spacial score (nSPS) is 34.8. The SMILES string of the molecule is CC1CCCC(CN)N1C1CCC(c2ccccc2)CC1. The molecule has 1 aromatic rings. The summed E-state index contributed by atoms with van der Waals surface area (Å²) in [5, 5.41) is 0. The molecule has 2 unspecified atom stereocenters. The molecule has 2 N–H and O–H groups in total. The van der Waals surface area contributed by atoms with E-state index >= 15 is 0 Å². The summed E-state index contributed by atoms with van der Waals surface area (Å²) < 4.78 is 0. The van der Waals surface area contributed by atoms with Crippen LogP contribution in [0.2, 0.25) is 0 Å². The van der Waals surface area contributed by atoms with E-state index in [0.717, 1.165) is 24.5 Å². The number of likely N-dealkylation sites (tertiary alicyclic amines) is 1. The first kappa shape index (κ1) is 15.1. The summed E-state index contributed by atoms with van der Waals surface area (Å²) >= 11 is 0. The highest BCUT2D eigenvalue weighted by Gasteiger charge is 2.34. The quantitative estimate of drug-likeness (QED) is 0.912. The van der Waals surface area contributed by atoms with Crippen LogP contribution in [-0.2, 0) is 0 Å². The molecular weight excluding hydrogens is 256 g/mol. The number of benzene rings is 1. The largest absolute Gasteiger partial charge is 0.329 e. The van der Waals surface area contributed by atoms with Crippen molar-refractivity contribution < 1.29 is 0 Å². The summed E-state index contributed by atoms with van der Waals surface area (Å²) in [7, 11) is 0. The minimum atomic E-state index is 0.632. The molecule has 1 aliphatic heterocycles. The first-order chi connectivity index (χ1) is 10.3. The zero-order valence-corrected chi connectivity index (χ0v) is 13.4. The first-order valence-corrected chi connectivity index (χ1v) is 8.82. The van der Waals surface area contributed by atoms with Crippen molar-refractivity contribution in [1.29, 1.82) is 0 Å².